The third kappa shape index (κ3) is 7.60. The Bertz CT molecular complexity index is 194. The Balaban J connectivity index is 0. The van der Waals surface area contributed by atoms with Gasteiger partial charge in [0.15, 0.2) is 12.5 Å². The maximum atomic E-state index is 7.83. The van der Waals surface area contributed by atoms with Crippen LogP contribution in [0.1, 0.15) is 31.9 Å². The van der Waals surface area contributed by atoms with E-state index < -0.39 is 0 Å². The van der Waals surface area contributed by atoms with E-state index in [1.807, 2.05) is 13.8 Å². The minimum Gasteiger partial charge on any atom is -0.197 e. The number of aryl methyl sites for hydroxylation is 2. The SMILES string of the molecule is CC.CCc1ccc(C)cc1.O=S. The molecule has 0 heterocycles. The van der Waals surface area contributed by atoms with E-state index in [1.54, 1.807) is 0 Å². The second-order valence-electron chi connectivity index (χ2n) is 2.34. The molecule has 1 aromatic carbocycles. The average Bonchev–Trinajstić information content (AvgIpc) is 2.25. The fraction of sp³-hybridized carbons (Fsp3) is 0.455. The van der Waals surface area contributed by atoms with E-state index in [0.29, 0.717) is 0 Å². The van der Waals surface area contributed by atoms with E-state index in [0.717, 1.165) is 6.42 Å². The largest absolute Gasteiger partial charge is 0.197 e. The Morgan fingerprint density at radius 2 is 1.46 bits per heavy atom. The molecule has 0 fully saturated rings. The molecule has 2 heteroatoms. The van der Waals surface area contributed by atoms with Gasteiger partial charge in [0.05, 0.1) is 0 Å². The molecule has 1 aromatic rings. The zero-order chi connectivity index (χ0) is 10.7. The zero-order valence-corrected chi connectivity index (χ0v) is 9.65. The van der Waals surface area contributed by atoms with Crippen LogP contribution < -0.4 is 0 Å². The highest BCUT2D eigenvalue weighted by molar-refractivity contribution is 7.44. The molecule has 1 nitrogen and oxygen atoms in total. The Kier molecular flexibility index (Phi) is 12.8. The molecule has 0 aliphatic carbocycles. The number of rotatable bonds is 1. The van der Waals surface area contributed by atoms with Gasteiger partial charge in [-0.3, -0.25) is 0 Å². The first-order chi connectivity index (χ1) is 6.33. The van der Waals surface area contributed by atoms with Crippen molar-refractivity contribution in [1.29, 1.82) is 0 Å². The van der Waals surface area contributed by atoms with Crippen LogP contribution in [-0.2, 0) is 19.0 Å². The van der Waals surface area contributed by atoms with Crippen molar-refractivity contribution in [1.82, 2.24) is 0 Å². The van der Waals surface area contributed by atoms with Crippen LogP contribution in [0.25, 0.3) is 0 Å². The van der Waals surface area contributed by atoms with E-state index in [4.69, 9.17) is 4.21 Å². The molecule has 13 heavy (non-hydrogen) atoms. The molecule has 0 atom stereocenters. The van der Waals surface area contributed by atoms with Crippen LogP contribution in [0.5, 0.6) is 0 Å². The molecule has 0 saturated heterocycles. The van der Waals surface area contributed by atoms with Crippen molar-refractivity contribution in [3.8, 4) is 0 Å². The van der Waals surface area contributed by atoms with Crippen LogP contribution in [0.15, 0.2) is 24.3 Å². The van der Waals surface area contributed by atoms with Crippen molar-refractivity contribution in [2.75, 3.05) is 0 Å². The van der Waals surface area contributed by atoms with E-state index >= 15 is 0 Å². The van der Waals surface area contributed by atoms with Crippen molar-refractivity contribution >= 4 is 12.5 Å². The van der Waals surface area contributed by atoms with Gasteiger partial charge in [0, 0.05) is 0 Å². The van der Waals surface area contributed by atoms with Crippen molar-refractivity contribution in [2.45, 2.75) is 34.1 Å². The predicted octanol–water partition coefficient (Wildman–Crippen LogP) is 3.25. The standard InChI is InChI=1S/C9H12.C2H6.OS/c1-3-9-6-4-8(2)5-7-9;2*1-2/h4-7H,3H2,1-2H3;1-2H3;. The van der Waals surface area contributed by atoms with Crippen LogP contribution in [0.4, 0.5) is 0 Å². The second kappa shape index (κ2) is 11.2. The lowest BCUT2D eigenvalue weighted by atomic mass is 10.1. The molecule has 0 aromatic heterocycles. The monoisotopic (exact) mass is 198 g/mol. The lowest BCUT2D eigenvalue weighted by Gasteiger charge is -1.94. The summed E-state index contributed by atoms with van der Waals surface area (Å²) < 4.78 is 7.83. The van der Waals surface area contributed by atoms with Crippen molar-refractivity contribution in [2.24, 2.45) is 0 Å². The summed E-state index contributed by atoms with van der Waals surface area (Å²) in [5.41, 5.74) is 2.76. The van der Waals surface area contributed by atoms with Crippen LogP contribution in [0.3, 0.4) is 0 Å². The molecule has 0 saturated carbocycles. The topological polar surface area (TPSA) is 17.1 Å². The molecule has 0 amide bonds. The van der Waals surface area contributed by atoms with Gasteiger partial charge in [-0.25, -0.2) is 0 Å². The highest BCUT2D eigenvalue weighted by atomic mass is 32.1. The maximum absolute atomic E-state index is 7.83. The van der Waals surface area contributed by atoms with Gasteiger partial charge in [0.2, 0.25) is 0 Å². The van der Waals surface area contributed by atoms with Gasteiger partial charge in [0.25, 0.3) is 0 Å². The van der Waals surface area contributed by atoms with E-state index in [2.05, 4.69) is 50.6 Å². The third-order valence-corrected chi connectivity index (χ3v) is 1.53. The minimum atomic E-state index is 1.14. The summed E-state index contributed by atoms with van der Waals surface area (Å²) in [7, 11) is 0. The van der Waals surface area contributed by atoms with Crippen molar-refractivity contribution in [3.05, 3.63) is 35.4 Å². The van der Waals surface area contributed by atoms with Gasteiger partial charge >= 0.3 is 0 Å². The average molecular weight is 198 g/mol. The number of hydrogen-bond acceptors (Lipinski definition) is 2. The van der Waals surface area contributed by atoms with Crippen LogP contribution in [-0.4, -0.2) is 4.21 Å². The Morgan fingerprint density at radius 3 is 1.77 bits per heavy atom. The minimum absolute atomic E-state index is 1.14. The molecule has 1 rings (SSSR count). The van der Waals surface area contributed by atoms with E-state index in [-0.39, 0.29) is 0 Å². The first-order valence-electron chi connectivity index (χ1n) is 4.55. The molecular formula is C11H18OS. The molecule has 74 valence electrons. The summed E-state index contributed by atoms with van der Waals surface area (Å²) in [5.74, 6) is 0. The van der Waals surface area contributed by atoms with Gasteiger partial charge in [0.1, 0.15) is 0 Å². The predicted molar refractivity (Wildman–Crippen MR) is 60.0 cm³/mol. The molecule has 0 spiro atoms. The Morgan fingerprint density at radius 1 is 1.08 bits per heavy atom. The molecule has 0 aliphatic rings. The lowest BCUT2D eigenvalue weighted by molar-refractivity contribution is 0.702. The molecule has 0 N–H and O–H groups in total. The quantitative estimate of drug-likeness (QED) is 0.689. The highest BCUT2D eigenvalue weighted by Gasteiger charge is 1.84. The fourth-order valence-electron chi connectivity index (χ4n) is 0.824. The molecule has 0 aliphatic heterocycles. The molecule has 0 radical (unpaired) electrons. The molecule has 0 bridgehead atoms. The first kappa shape index (κ1) is 14.7. The van der Waals surface area contributed by atoms with Gasteiger partial charge in [-0.05, 0) is 18.9 Å². The lowest BCUT2D eigenvalue weighted by Crippen LogP contribution is -1.77. The second-order valence-corrected chi connectivity index (χ2v) is 2.34. The van der Waals surface area contributed by atoms with Gasteiger partial charge in [-0.1, -0.05) is 50.6 Å². The zero-order valence-electron chi connectivity index (χ0n) is 8.83. The maximum Gasteiger partial charge on any atom is 0.197 e. The Hall–Kier alpha value is -0.760. The number of benzene rings is 1. The normalized spacial score (nSPS) is 7.38. The summed E-state index contributed by atoms with van der Waals surface area (Å²) in [6, 6.07) is 8.66. The van der Waals surface area contributed by atoms with Gasteiger partial charge in [-0.2, -0.15) is 4.21 Å². The van der Waals surface area contributed by atoms with Crippen LogP contribution in [0, 0.1) is 6.92 Å². The summed E-state index contributed by atoms with van der Waals surface area (Å²) >= 11 is 2.83. The molecular weight excluding hydrogens is 180 g/mol. The van der Waals surface area contributed by atoms with Crippen molar-refractivity contribution < 1.29 is 4.21 Å². The highest BCUT2D eigenvalue weighted by Crippen LogP contribution is 2.02. The first-order valence-corrected chi connectivity index (χ1v) is 4.88. The summed E-state index contributed by atoms with van der Waals surface area (Å²) in [6.07, 6.45) is 1.14. The van der Waals surface area contributed by atoms with E-state index in [1.165, 1.54) is 11.1 Å². The van der Waals surface area contributed by atoms with Crippen molar-refractivity contribution in [3.63, 3.8) is 0 Å². The van der Waals surface area contributed by atoms with E-state index in [9.17, 15) is 0 Å². The summed E-state index contributed by atoms with van der Waals surface area (Å²) in [5, 5.41) is 0. The third-order valence-electron chi connectivity index (χ3n) is 1.53. The summed E-state index contributed by atoms with van der Waals surface area (Å²) in [4.78, 5) is 0. The summed E-state index contributed by atoms with van der Waals surface area (Å²) in [6.45, 7) is 8.28. The van der Waals surface area contributed by atoms with Crippen LogP contribution >= 0.6 is 0 Å². The van der Waals surface area contributed by atoms with Gasteiger partial charge < -0.3 is 0 Å². The number of hydrogen-bond donors (Lipinski definition) is 0. The van der Waals surface area contributed by atoms with Gasteiger partial charge in [-0.15, -0.1) is 0 Å². The molecule has 0 unspecified atom stereocenters. The van der Waals surface area contributed by atoms with Crippen LogP contribution in [0.2, 0.25) is 0 Å². The Labute approximate surface area is 86.7 Å². The fourth-order valence-corrected chi connectivity index (χ4v) is 0.824. The smallest absolute Gasteiger partial charge is 0.197 e.